The molecule has 0 amide bonds. The average Bonchev–Trinajstić information content (AvgIpc) is 4.08. The summed E-state index contributed by atoms with van der Waals surface area (Å²) >= 11 is 28.8. The van der Waals surface area contributed by atoms with Crippen LogP contribution in [0.3, 0.4) is 0 Å². The molecule has 0 saturated carbocycles. The molecule has 0 fully saturated rings. The lowest BCUT2D eigenvalue weighted by Crippen LogP contribution is -2.10. The fourth-order valence-corrected chi connectivity index (χ4v) is 10.9. The number of benzene rings is 6. The Bertz CT molecular complexity index is 3250. The van der Waals surface area contributed by atoms with Crippen LogP contribution in [0, 0.1) is 0 Å². The third-order valence-corrected chi connectivity index (χ3v) is 14.8. The predicted octanol–water partition coefficient (Wildman–Crippen LogP) is 18.6. The molecule has 6 aromatic carbocycles. The molecule has 2 aromatic heterocycles. The molecule has 12 heteroatoms. The van der Waals surface area contributed by atoms with Crippen molar-refractivity contribution < 1.29 is 9.59 Å². The van der Waals surface area contributed by atoms with Crippen molar-refractivity contribution in [2.24, 2.45) is 20.5 Å². The van der Waals surface area contributed by atoms with E-state index in [1.54, 1.807) is 36.4 Å². The van der Waals surface area contributed by atoms with E-state index in [0.29, 0.717) is 76.3 Å². The van der Waals surface area contributed by atoms with Gasteiger partial charge < -0.3 is 0 Å². The van der Waals surface area contributed by atoms with Crippen LogP contribution in [0.4, 0.5) is 11.4 Å². The lowest BCUT2D eigenvalue weighted by atomic mass is 9.85. The van der Waals surface area contributed by atoms with E-state index in [1.807, 2.05) is 170 Å². The Labute approximate surface area is 432 Å². The van der Waals surface area contributed by atoms with Gasteiger partial charge in [-0.05, 0) is 107 Å². The average molecular weight is 1020 g/mol. The van der Waals surface area contributed by atoms with Crippen LogP contribution in [-0.2, 0) is 9.59 Å². The maximum atomic E-state index is 14.3. The zero-order valence-corrected chi connectivity index (χ0v) is 41.2. The molecule has 0 radical (unpaired) electrons. The monoisotopic (exact) mass is 1020 g/mol. The van der Waals surface area contributed by atoms with Gasteiger partial charge in [0.1, 0.15) is 22.8 Å². The Morgan fingerprint density at radius 1 is 0.371 bits per heavy atom. The Balaban J connectivity index is 1.13. The summed E-state index contributed by atoms with van der Waals surface area (Å²) in [5.41, 5.74) is 8.55. The molecular formula is C58H34Cl4N4O2S2. The smallest absolute Gasteiger partial charge is 0.194 e. The molecule has 2 heterocycles. The van der Waals surface area contributed by atoms with E-state index >= 15 is 0 Å². The van der Waals surface area contributed by atoms with Gasteiger partial charge in [0.2, 0.25) is 0 Å². The van der Waals surface area contributed by atoms with Crippen LogP contribution in [-0.4, -0.2) is 11.6 Å². The van der Waals surface area contributed by atoms with Gasteiger partial charge in [0, 0.05) is 53.2 Å². The van der Waals surface area contributed by atoms with Gasteiger partial charge in [-0.3, -0.25) is 9.59 Å². The number of Topliss-reactive ketones (excluding diaryl/α,β-unsaturated/α-hetero) is 2. The van der Waals surface area contributed by atoms with E-state index in [9.17, 15) is 9.59 Å². The number of azo groups is 2. The van der Waals surface area contributed by atoms with Crippen molar-refractivity contribution in [3.8, 4) is 9.75 Å². The van der Waals surface area contributed by atoms with Crippen molar-refractivity contribution in [3.63, 3.8) is 0 Å². The highest BCUT2D eigenvalue weighted by Crippen LogP contribution is 2.44. The molecule has 0 bridgehead atoms. The quantitative estimate of drug-likeness (QED) is 0.121. The van der Waals surface area contributed by atoms with Gasteiger partial charge in [-0.2, -0.15) is 0 Å². The first-order valence-electron chi connectivity index (χ1n) is 21.8. The summed E-state index contributed by atoms with van der Waals surface area (Å²) < 4.78 is 0. The normalized spacial score (nSPS) is 13.9. The first kappa shape index (κ1) is 46.6. The molecule has 0 spiro atoms. The molecule has 338 valence electrons. The molecule has 6 nitrogen and oxygen atoms in total. The molecule has 0 unspecified atom stereocenters. The summed E-state index contributed by atoms with van der Waals surface area (Å²) in [4.78, 5) is 32.1. The molecule has 70 heavy (non-hydrogen) atoms. The van der Waals surface area contributed by atoms with Gasteiger partial charge in [0.25, 0.3) is 0 Å². The van der Waals surface area contributed by atoms with Crippen LogP contribution in [0.15, 0.2) is 238 Å². The predicted molar refractivity (Wildman–Crippen MR) is 291 cm³/mol. The highest BCUT2D eigenvalue weighted by molar-refractivity contribution is 7.23. The van der Waals surface area contributed by atoms with Crippen molar-refractivity contribution in [2.45, 2.75) is 0 Å². The van der Waals surface area contributed by atoms with E-state index in [4.69, 9.17) is 56.6 Å². The number of carbonyl (C=O) groups is 2. The van der Waals surface area contributed by atoms with E-state index in [1.165, 1.54) is 22.7 Å². The molecule has 2 aliphatic rings. The number of allylic oxidation sites excluding steroid dienone is 10. The molecule has 0 aliphatic heterocycles. The summed E-state index contributed by atoms with van der Waals surface area (Å²) in [5, 5.41) is 20.7. The van der Waals surface area contributed by atoms with Gasteiger partial charge in [-0.15, -0.1) is 43.1 Å². The molecule has 10 rings (SSSR count). The van der Waals surface area contributed by atoms with Crippen molar-refractivity contribution in [2.75, 3.05) is 0 Å². The van der Waals surface area contributed by atoms with Crippen LogP contribution in [0.1, 0.15) is 32.0 Å². The Kier molecular flexibility index (Phi) is 13.9. The van der Waals surface area contributed by atoms with E-state index in [0.717, 1.165) is 41.8 Å². The van der Waals surface area contributed by atoms with Crippen molar-refractivity contribution >= 4 is 126 Å². The van der Waals surface area contributed by atoms with E-state index in [-0.39, 0.29) is 11.6 Å². The fraction of sp³-hybridized carbons (Fsp3) is 0. The molecule has 0 N–H and O–H groups in total. The second-order valence-electron chi connectivity index (χ2n) is 15.9. The van der Waals surface area contributed by atoms with Gasteiger partial charge in [0.05, 0.1) is 19.8 Å². The van der Waals surface area contributed by atoms with Gasteiger partial charge in [-0.1, -0.05) is 168 Å². The minimum atomic E-state index is -0.102. The second-order valence-corrected chi connectivity index (χ2v) is 19.7. The third kappa shape index (κ3) is 10.1. The second kappa shape index (κ2) is 20.8. The van der Waals surface area contributed by atoms with Crippen molar-refractivity contribution in [1.29, 1.82) is 0 Å². The summed E-state index contributed by atoms with van der Waals surface area (Å²) in [5.74, 6) is -0.203. The topological polar surface area (TPSA) is 83.6 Å². The van der Waals surface area contributed by atoms with Crippen LogP contribution in [0.25, 0.3) is 43.4 Å². The Morgan fingerprint density at radius 2 is 0.686 bits per heavy atom. The third-order valence-electron chi connectivity index (χ3n) is 11.3. The minimum absolute atomic E-state index is 0.102. The summed E-state index contributed by atoms with van der Waals surface area (Å²) in [6.07, 6.45) is 7.52. The van der Waals surface area contributed by atoms with Crippen molar-refractivity contribution in [1.82, 2.24) is 0 Å². The van der Waals surface area contributed by atoms with E-state index < -0.39 is 0 Å². The zero-order valence-electron chi connectivity index (χ0n) is 36.6. The number of thiophene rings is 2. The van der Waals surface area contributed by atoms with E-state index in [2.05, 4.69) is 10.2 Å². The van der Waals surface area contributed by atoms with Gasteiger partial charge in [0.15, 0.2) is 11.6 Å². The zero-order chi connectivity index (χ0) is 48.1. The summed E-state index contributed by atoms with van der Waals surface area (Å²) in [6, 6.07) is 56.6. The van der Waals surface area contributed by atoms with Crippen LogP contribution >= 0.6 is 69.1 Å². The van der Waals surface area contributed by atoms with Gasteiger partial charge >= 0.3 is 0 Å². The maximum Gasteiger partial charge on any atom is 0.194 e. The summed E-state index contributed by atoms with van der Waals surface area (Å²) in [6.45, 7) is 0. The first-order valence-corrected chi connectivity index (χ1v) is 24.9. The lowest BCUT2D eigenvalue weighted by molar-refractivity contribution is -0.109. The molecule has 2 aliphatic carbocycles. The standard InChI is InChI=1S/C58H34Cl4N4O2S2/c59-41-21-23-49(47(61)33-41)63-65-55(39-29-43(35-13-5-1-6-14-35)57(67)44(30-39)36-15-7-2-8-16-36)53-27-25-51(69-53)52-26-28-54(70-52)56(66-64-50-24-22-42(60)34-48(50)62)40-31-45(37-17-9-3-10-18-37)58(68)46(32-40)38-19-11-4-12-20-38/h1-34H/b65-63+,66-64+. The van der Waals surface area contributed by atoms with Crippen LogP contribution in [0.5, 0.6) is 0 Å². The van der Waals surface area contributed by atoms with Gasteiger partial charge in [-0.25, -0.2) is 0 Å². The number of carbonyl (C=O) groups excluding carboxylic acids is 2. The minimum Gasteiger partial charge on any atom is -0.289 e. The Morgan fingerprint density at radius 3 is 0.986 bits per heavy atom. The highest BCUT2D eigenvalue weighted by Gasteiger charge is 2.27. The number of ketones is 2. The molecular weight excluding hydrogens is 991 g/mol. The maximum absolute atomic E-state index is 14.3. The number of rotatable bonds is 11. The SMILES string of the molecule is O=C1C(c2ccccc2)=CC(=C(/N=N/c2ccc(Cl)cc2Cl)c2ccc(-c3ccc(C(/N=N/c4ccc(Cl)cc4Cl)=C4C=C(c5ccccc5)C(=O)C(c5ccccc5)=C4)s3)s2)C=C1c1ccccc1. The number of halogens is 4. The van der Waals surface area contributed by atoms with Crippen molar-refractivity contribution in [3.05, 3.63) is 270 Å². The van der Waals surface area contributed by atoms with Crippen LogP contribution < -0.4 is 0 Å². The largest absolute Gasteiger partial charge is 0.289 e. The number of nitrogens with zero attached hydrogens (tertiary/aromatic N) is 4. The lowest BCUT2D eigenvalue weighted by Gasteiger charge is -2.18. The number of hydrogen-bond donors (Lipinski definition) is 0. The highest BCUT2D eigenvalue weighted by atomic mass is 35.5. The number of hydrogen-bond acceptors (Lipinski definition) is 8. The first-order chi connectivity index (χ1) is 34.2. The fourth-order valence-electron chi connectivity index (χ4n) is 7.89. The molecule has 8 aromatic rings. The Hall–Kier alpha value is -7.14. The molecule has 0 saturated heterocycles. The van der Waals surface area contributed by atoms with Crippen LogP contribution in [0.2, 0.25) is 20.1 Å². The summed E-state index contributed by atoms with van der Waals surface area (Å²) in [7, 11) is 0. The molecule has 0 atom stereocenters.